The Morgan fingerprint density at radius 3 is 2.61 bits per heavy atom. The van der Waals surface area contributed by atoms with E-state index in [1.165, 1.54) is 0 Å². The third-order valence-electron chi connectivity index (χ3n) is 2.90. The highest BCUT2D eigenvalue weighted by molar-refractivity contribution is 5.79. The number of benzene rings is 1. The first-order valence-electron chi connectivity index (χ1n) is 8.13. The molecule has 0 atom stereocenters. The fourth-order valence-corrected chi connectivity index (χ4v) is 1.79. The maximum atomic E-state index is 5.64. The van der Waals surface area contributed by atoms with Crippen LogP contribution in [0, 0.1) is 0 Å². The van der Waals surface area contributed by atoms with Crippen molar-refractivity contribution in [2.45, 2.75) is 13.3 Å². The van der Waals surface area contributed by atoms with E-state index < -0.39 is 0 Å². The Kier molecular flexibility index (Phi) is 11.6. The van der Waals surface area contributed by atoms with Gasteiger partial charge in [0.25, 0.3) is 0 Å². The molecule has 6 nitrogen and oxygen atoms in total. The monoisotopic (exact) mass is 323 g/mol. The van der Waals surface area contributed by atoms with Crippen LogP contribution in [0.1, 0.15) is 13.3 Å². The van der Waals surface area contributed by atoms with Crippen LogP contribution in [0.5, 0.6) is 5.75 Å². The van der Waals surface area contributed by atoms with Gasteiger partial charge in [-0.25, -0.2) is 0 Å². The largest absolute Gasteiger partial charge is 0.494 e. The predicted molar refractivity (Wildman–Crippen MR) is 93.2 cm³/mol. The van der Waals surface area contributed by atoms with E-state index in [1.807, 2.05) is 37.3 Å². The molecule has 2 N–H and O–H groups in total. The Morgan fingerprint density at radius 1 is 1.04 bits per heavy atom. The zero-order valence-corrected chi connectivity index (χ0v) is 14.2. The molecule has 0 unspecified atom stereocenters. The van der Waals surface area contributed by atoms with Crippen molar-refractivity contribution in [2.24, 2.45) is 4.99 Å². The van der Waals surface area contributed by atoms with E-state index in [9.17, 15) is 0 Å². The zero-order chi connectivity index (χ0) is 16.6. The molecular weight excluding hydrogens is 294 g/mol. The molecule has 0 radical (unpaired) electrons. The third-order valence-corrected chi connectivity index (χ3v) is 2.90. The van der Waals surface area contributed by atoms with Crippen molar-refractivity contribution in [2.75, 3.05) is 53.2 Å². The normalized spacial score (nSPS) is 11.3. The molecule has 0 fully saturated rings. The molecular formula is C17H29N3O3. The van der Waals surface area contributed by atoms with Crippen molar-refractivity contribution in [1.29, 1.82) is 0 Å². The Bertz CT molecular complexity index is 413. The van der Waals surface area contributed by atoms with Gasteiger partial charge in [0.1, 0.15) is 5.75 Å². The summed E-state index contributed by atoms with van der Waals surface area (Å²) >= 11 is 0. The fraction of sp³-hybridized carbons (Fsp3) is 0.588. The second-order valence-corrected chi connectivity index (χ2v) is 4.81. The average Bonchev–Trinajstić information content (AvgIpc) is 2.58. The number of aliphatic imine (C=N–C) groups is 1. The van der Waals surface area contributed by atoms with Crippen LogP contribution in [-0.4, -0.2) is 59.1 Å². The van der Waals surface area contributed by atoms with Crippen LogP contribution in [0.4, 0.5) is 0 Å². The van der Waals surface area contributed by atoms with Gasteiger partial charge in [0.15, 0.2) is 5.96 Å². The fourth-order valence-electron chi connectivity index (χ4n) is 1.79. The molecule has 23 heavy (non-hydrogen) atoms. The second-order valence-electron chi connectivity index (χ2n) is 4.81. The second kappa shape index (κ2) is 13.8. The van der Waals surface area contributed by atoms with Crippen molar-refractivity contribution in [3.63, 3.8) is 0 Å². The average molecular weight is 323 g/mol. The van der Waals surface area contributed by atoms with Gasteiger partial charge in [-0.3, -0.25) is 4.99 Å². The van der Waals surface area contributed by atoms with E-state index in [0.717, 1.165) is 31.2 Å². The number of para-hydroxylation sites is 1. The van der Waals surface area contributed by atoms with E-state index in [0.29, 0.717) is 33.0 Å². The van der Waals surface area contributed by atoms with Gasteiger partial charge in [0, 0.05) is 33.2 Å². The number of rotatable bonds is 12. The predicted octanol–water partition coefficient (Wildman–Crippen LogP) is 1.67. The Labute approximate surface area is 139 Å². The highest BCUT2D eigenvalue weighted by atomic mass is 16.5. The van der Waals surface area contributed by atoms with Crippen LogP contribution in [0.15, 0.2) is 35.3 Å². The summed E-state index contributed by atoms with van der Waals surface area (Å²) in [6.45, 7) is 6.83. The van der Waals surface area contributed by atoms with Crippen LogP contribution < -0.4 is 15.4 Å². The summed E-state index contributed by atoms with van der Waals surface area (Å²) in [6.07, 6.45) is 0.871. The van der Waals surface area contributed by atoms with Crippen LogP contribution in [0.25, 0.3) is 0 Å². The molecule has 0 aromatic heterocycles. The minimum atomic E-state index is 0.614. The van der Waals surface area contributed by atoms with Gasteiger partial charge in [-0.1, -0.05) is 18.2 Å². The van der Waals surface area contributed by atoms with Crippen LogP contribution in [-0.2, 0) is 9.47 Å². The minimum Gasteiger partial charge on any atom is -0.494 e. The SMILES string of the molecule is CCNC(=NCCCOc1ccccc1)NCCOCCOC. The van der Waals surface area contributed by atoms with E-state index in [2.05, 4.69) is 15.6 Å². The summed E-state index contributed by atoms with van der Waals surface area (Å²) in [7, 11) is 1.67. The molecule has 0 aliphatic rings. The minimum absolute atomic E-state index is 0.614. The van der Waals surface area contributed by atoms with E-state index >= 15 is 0 Å². The molecule has 1 aromatic carbocycles. The number of hydrogen-bond donors (Lipinski definition) is 2. The summed E-state index contributed by atoms with van der Waals surface area (Å²) in [6, 6.07) is 9.83. The smallest absolute Gasteiger partial charge is 0.191 e. The van der Waals surface area contributed by atoms with Crippen molar-refractivity contribution in [3.8, 4) is 5.75 Å². The Balaban J connectivity index is 2.13. The maximum Gasteiger partial charge on any atom is 0.191 e. The molecule has 6 heteroatoms. The van der Waals surface area contributed by atoms with Crippen LogP contribution >= 0.6 is 0 Å². The van der Waals surface area contributed by atoms with Gasteiger partial charge >= 0.3 is 0 Å². The molecule has 1 rings (SSSR count). The van der Waals surface area contributed by atoms with E-state index in [1.54, 1.807) is 7.11 Å². The van der Waals surface area contributed by atoms with Gasteiger partial charge in [0.2, 0.25) is 0 Å². The van der Waals surface area contributed by atoms with E-state index in [4.69, 9.17) is 14.2 Å². The molecule has 0 spiro atoms. The molecule has 1 aromatic rings. The number of ether oxygens (including phenoxy) is 3. The number of nitrogens with zero attached hydrogens (tertiary/aromatic N) is 1. The lowest BCUT2D eigenvalue weighted by Gasteiger charge is -2.11. The van der Waals surface area contributed by atoms with Gasteiger partial charge < -0.3 is 24.8 Å². The quantitative estimate of drug-likeness (QED) is 0.348. The molecule has 0 bridgehead atoms. The van der Waals surface area contributed by atoms with E-state index in [-0.39, 0.29) is 0 Å². The lowest BCUT2D eigenvalue weighted by molar-refractivity contribution is 0.0733. The van der Waals surface area contributed by atoms with Gasteiger partial charge in [0.05, 0.1) is 26.4 Å². The lowest BCUT2D eigenvalue weighted by atomic mass is 10.3. The topological polar surface area (TPSA) is 64.1 Å². The van der Waals surface area contributed by atoms with Crippen molar-refractivity contribution < 1.29 is 14.2 Å². The number of nitrogens with one attached hydrogen (secondary N) is 2. The highest BCUT2D eigenvalue weighted by Crippen LogP contribution is 2.08. The molecule has 0 saturated carbocycles. The summed E-state index contributed by atoms with van der Waals surface area (Å²) in [5, 5.41) is 6.45. The lowest BCUT2D eigenvalue weighted by Crippen LogP contribution is -2.39. The summed E-state index contributed by atoms with van der Waals surface area (Å²) in [5.41, 5.74) is 0. The Morgan fingerprint density at radius 2 is 1.87 bits per heavy atom. The molecule has 0 amide bonds. The van der Waals surface area contributed by atoms with Crippen LogP contribution in [0.2, 0.25) is 0 Å². The number of methoxy groups -OCH3 is 1. The van der Waals surface area contributed by atoms with Crippen LogP contribution in [0.3, 0.4) is 0 Å². The molecule has 0 saturated heterocycles. The van der Waals surface area contributed by atoms with Gasteiger partial charge in [-0.05, 0) is 19.1 Å². The molecule has 130 valence electrons. The molecule has 0 heterocycles. The first-order chi connectivity index (χ1) is 11.4. The number of guanidine groups is 1. The van der Waals surface area contributed by atoms with Crippen molar-refractivity contribution in [3.05, 3.63) is 30.3 Å². The first kappa shape index (κ1) is 19.3. The number of hydrogen-bond acceptors (Lipinski definition) is 4. The standard InChI is InChI=1S/C17H29N3O3/c1-3-18-17(20-11-13-22-15-14-21-2)19-10-7-12-23-16-8-5-4-6-9-16/h4-6,8-9H,3,7,10-15H2,1-2H3,(H2,18,19,20). The van der Waals surface area contributed by atoms with Gasteiger partial charge in [-0.15, -0.1) is 0 Å². The zero-order valence-electron chi connectivity index (χ0n) is 14.2. The van der Waals surface area contributed by atoms with Crippen molar-refractivity contribution in [1.82, 2.24) is 10.6 Å². The third kappa shape index (κ3) is 10.5. The molecule has 0 aliphatic carbocycles. The summed E-state index contributed by atoms with van der Waals surface area (Å²) < 4.78 is 16.0. The highest BCUT2D eigenvalue weighted by Gasteiger charge is 1.97. The Hall–Kier alpha value is -1.79. The van der Waals surface area contributed by atoms with Crippen molar-refractivity contribution >= 4 is 5.96 Å². The first-order valence-corrected chi connectivity index (χ1v) is 8.13. The molecule has 0 aliphatic heterocycles. The summed E-state index contributed by atoms with van der Waals surface area (Å²) in [5.74, 6) is 1.71. The summed E-state index contributed by atoms with van der Waals surface area (Å²) in [4.78, 5) is 4.51. The van der Waals surface area contributed by atoms with Gasteiger partial charge in [-0.2, -0.15) is 0 Å². The maximum absolute atomic E-state index is 5.64.